The molecule has 0 amide bonds. The number of ether oxygens (including phenoxy) is 2. The number of nitrogens with one attached hydrogen (secondary N) is 1. The minimum Gasteiger partial charge on any atom is -0.507 e. The first-order valence-electron chi connectivity index (χ1n) is 12.7. The van der Waals surface area contributed by atoms with Gasteiger partial charge in [-0.15, -0.1) is 10.2 Å². The Kier molecular flexibility index (Phi) is 6.04. The number of phenols is 1. The van der Waals surface area contributed by atoms with Crippen LogP contribution in [0.25, 0.3) is 22.6 Å². The van der Waals surface area contributed by atoms with E-state index >= 15 is 0 Å². The summed E-state index contributed by atoms with van der Waals surface area (Å²) in [5.74, 6) is 1.85. The van der Waals surface area contributed by atoms with Gasteiger partial charge in [0.05, 0.1) is 37.9 Å². The highest BCUT2D eigenvalue weighted by molar-refractivity contribution is 5.71. The lowest BCUT2D eigenvalue weighted by molar-refractivity contribution is 0.215. The largest absolute Gasteiger partial charge is 0.507 e. The van der Waals surface area contributed by atoms with E-state index in [1.54, 1.807) is 18.3 Å². The number of hydrogen-bond donors (Lipinski definition) is 2. The van der Waals surface area contributed by atoms with E-state index in [2.05, 4.69) is 35.4 Å². The van der Waals surface area contributed by atoms with Gasteiger partial charge in [0.1, 0.15) is 5.75 Å². The monoisotopic (exact) mass is 489 g/mol. The second kappa shape index (κ2) is 9.50. The van der Waals surface area contributed by atoms with Crippen LogP contribution in [0, 0.1) is 0 Å². The van der Waals surface area contributed by atoms with Gasteiger partial charge >= 0.3 is 0 Å². The number of anilines is 1. The van der Waals surface area contributed by atoms with E-state index in [0.29, 0.717) is 52.7 Å². The first-order valence-corrected chi connectivity index (χ1v) is 12.7. The number of aromatic nitrogens is 5. The lowest BCUT2D eigenvalue weighted by atomic mass is 9.83. The highest BCUT2D eigenvalue weighted by Crippen LogP contribution is 2.38. The summed E-state index contributed by atoms with van der Waals surface area (Å²) in [6.45, 7) is 0. The van der Waals surface area contributed by atoms with Gasteiger partial charge in [-0.1, -0.05) is 12.5 Å². The molecule has 36 heavy (non-hydrogen) atoms. The quantitative estimate of drug-likeness (QED) is 0.511. The van der Waals surface area contributed by atoms with Crippen LogP contribution in [0.1, 0.15) is 44.9 Å². The molecule has 2 N–H and O–H groups in total. The molecule has 0 spiro atoms. The summed E-state index contributed by atoms with van der Waals surface area (Å²) in [4.78, 5) is 15.7. The average Bonchev–Trinajstić information content (AvgIpc) is 3.74. The number of nitrogens with zero attached hydrogens (tertiary/aromatic N) is 6. The van der Waals surface area contributed by atoms with Crippen LogP contribution in [0.2, 0.25) is 0 Å². The van der Waals surface area contributed by atoms with E-state index < -0.39 is 0 Å². The summed E-state index contributed by atoms with van der Waals surface area (Å²) >= 11 is 0. The molecule has 2 bridgehead atoms. The van der Waals surface area contributed by atoms with Crippen LogP contribution in [-0.4, -0.2) is 68.6 Å². The highest BCUT2D eigenvalue weighted by Gasteiger charge is 2.40. The molecule has 3 fully saturated rings. The summed E-state index contributed by atoms with van der Waals surface area (Å²) in [5.41, 5.74) is 1.75. The molecule has 0 unspecified atom stereocenters. The first-order chi connectivity index (χ1) is 17.6. The summed E-state index contributed by atoms with van der Waals surface area (Å²) < 4.78 is 10.4. The zero-order chi connectivity index (χ0) is 24.6. The number of piperidine rings is 2. The average molecular weight is 490 g/mol. The maximum absolute atomic E-state index is 10.8. The normalized spacial score (nSPS) is 23.2. The number of hydrogen-bond acceptors (Lipinski definition) is 10. The molecule has 0 radical (unpaired) electrons. The molecule has 2 aromatic heterocycles. The minimum atomic E-state index is 0.0452. The van der Waals surface area contributed by atoms with Crippen molar-refractivity contribution in [3.05, 3.63) is 30.6 Å². The van der Waals surface area contributed by atoms with Gasteiger partial charge in [-0.05, 0) is 50.7 Å². The lowest BCUT2D eigenvalue weighted by Gasteiger charge is -2.45. The predicted molar refractivity (Wildman–Crippen MR) is 134 cm³/mol. The fourth-order valence-electron chi connectivity index (χ4n) is 5.65. The molecule has 1 aromatic carbocycles. The molecular weight excluding hydrogens is 458 g/mol. The number of phenolic OH excluding ortho intramolecular Hbond substituents is 1. The Balaban J connectivity index is 1.23. The summed E-state index contributed by atoms with van der Waals surface area (Å²) in [5, 5.41) is 23.6. The van der Waals surface area contributed by atoms with Crippen LogP contribution >= 0.6 is 0 Å². The van der Waals surface area contributed by atoms with Crippen molar-refractivity contribution in [1.82, 2.24) is 30.5 Å². The van der Waals surface area contributed by atoms with E-state index in [-0.39, 0.29) is 11.6 Å². The zero-order valence-corrected chi connectivity index (χ0v) is 20.6. The van der Waals surface area contributed by atoms with E-state index in [1.165, 1.54) is 46.3 Å². The fraction of sp³-hybridized carbons (Fsp3) is 0.500. The second-order valence-corrected chi connectivity index (χ2v) is 9.90. The fourth-order valence-corrected chi connectivity index (χ4v) is 5.65. The van der Waals surface area contributed by atoms with Gasteiger partial charge in [-0.2, -0.15) is 0 Å². The Morgan fingerprint density at radius 2 is 1.69 bits per heavy atom. The molecule has 1 aliphatic carbocycles. The third kappa shape index (κ3) is 4.41. The Hall–Kier alpha value is -3.53. The molecule has 1 saturated carbocycles. The van der Waals surface area contributed by atoms with Gasteiger partial charge in [0.2, 0.25) is 0 Å². The second-order valence-electron chi connectivity index (χ2n) is 9.90. The van der Waals surface area contributed by atoms with Gasteiger partial charge < -0.3 is 24.8 Å². The third-order valence-corrected chi connectivity index (χ3v) is 7.47. The van der Waals surface area contributed by atoms with E-state index in [1.807, 2.05) is 12.3 Å². The Morgan fingerprint density at radius 1 is 0.917 bits per heavy atom. The van der Waals surface area contributed by atoms with E-state index in [0.717, 1.165) is 18.7 Å². The van der Waals surface area contributed by atoms with Crippen molar-refractivity contribution < 1.29 is 14.6 Å². The molecule has 6 rings (SSSR count). The molecular formula is C26H31N7O3. The SMILES string of the molecule is COc1ncc(-c2ccc(-c3ncc(N(C4CC4)C4C[C@@H]5CCC[C@@H](C4)N5)nn3)c(O)c2)nc1OC. The third-order valence-electron chi connectivity index (χ3n) is 7.47. The van der Waals surface area contributed by atoms with Crippen LogP contribution < -0.4 is 19.7 Å². The van der Waals surface area contributed by atoms with Crippen molar-refractivity contribution in [3.8, 4) is 40.2 Å². The van der Waals surface area contributed by atoms with Crippen LogP contribution in [0.5, 0.6) is 17.5 Å². The summed E-state index contributed by atoms with van der Waals surface area (Å²) in [6.07, 6.45) is 11.9. The Bertz CT molecular complexity index is 1220. The minimum absolute atomic E-state index is 0.0452. The van der Waals surface area contributed by atoms with Gasteiger partial charge in [0.15, 0.2) is 11.6 Å². The number of rotatable bonds is 7. The molecule has 2 saturated heterocycles. The summed E-state index contributed by atoms with van der Waals surface area (Å²) in [7, 11) is 3.01. The van der Waals surface area contributed by atoms with Gasteiger partial charge in [0, 0.05) is 29.7 Å². The maximum Gasteiger partial charge on any atom is 0.278 e. The molecule has 3 aliphatic rings. The molecule has 4 heterocycles. The number of aromatic hydroxyl groups is 1. The number of benzene rings is 1. The van der Waals surface area contributed by atoms with Crippen molar-refractivity contribution in [2.45, 2.75) is 69.1 Å². The predicted octanol–water partition coefficient (Wildman–Crippen LogP) is 3.36. The molecule has 3 aromatic rings. The van der Waals surface area contributed by atoms with Crippen LogP contribution in [-0.2, 0) is 0 Å². The van der Waals surface area contributed by atoms with Crippen molar-refractivity contribution in [1.29, 1.82) is 0 Å². The number of fused-ring (bicyclic) bond motifs is 2. The van der Waals surface area contributed by atoms with E-state index in [4.69, 9.17) is 9.47 Å². The maximum atomic E-state index is 10.8. The van der Waals surface area contributed by atoms with Crippen molar-refractivity contribution in [3.63, 3.8) is 0 Å². The molecule has 2 aliphatic heterocycles. The van der Waals surface area contributed by atoms with Crippen LogP contribution in [0.15, 0.2) is 30.6 Å². The molecule has 10 heteroatoms. The lowest BCUT2D eigenvalue weighted by Crippen LogP contribution is -2.55. The standard InChI is InChI=1S/C26H31N7O3/c1-35-25-26(36-2)30-21(13-28-25)15-6-9-20(22(34)10-15)24-27-14-23(31-32-24)33(18-7-8-18)19-11-16-4-3-5-17(12-19)29-16/h6,9-10,13-14,16-19,29,34H,3-5,7-8,11-12H2,1-2H3/t16-,17-/m0/s1. The van der Waals surface area contributed by atoms with E-state index in [9.17, 15) is 5.11 Å². The smallest absolute Gasteiger partial charge is 0.278 e. The Morgan fingerprint density at radius 3 is 2.33 bits per heavy atom. The van der Waals surface area contributed by atoms with Crippen molar-refractivity contribution in [2.75, 3.05) is 19.1 Å². The molecule has 10 nitrogen and oxygen atoms in total. The topological polar surface area (TPSA) is 118 Å². The Labute approximate surface area is 210 Å². The van der Waals surface area contributed by atoms with Gasteiger partial charge in [-0.3, -0.25) is 0 Å². The summed E-state index contributed by atoms with van der Waals surface area (Å²) in [6, 6.07) is 7.45. The molecule has 188 valence electrons. The van der Waals surface area contributed by atoms with Gasteiger partial charge in [-0.25, -0.2) is 15.0 Å². The highest BCUT2D eigenvalue weighted by atomic mass is 16.5. The first kappa shape index (κ1) is 22.9. The van der Waals surface area contributed by atoms with Gasteiger partial charge in [0.25, 0.3) is 11.8 Å². The van der Waals surface area contributed by atoms with Crippen molar-refractivity contribution >= 4 is 5.82 Å². The van der Waals surface area contributed by atoms with Crippen molar-refractivity contribution in [2.24, 2.45) is 0 Å². The molecule has 2 atom stereocenters. The van der Waals surface area contributed by atoms with Crippen LogP contribution in [0.4, 0.5) is 5.82 Å². The van der Waals surface area contributed by atoms with Crippen LogP contribution in [0.3, 0.4) is 0 Å². The number of methoxy groups -OCH3 is 2. The zero-order valence-electron chi connectivity index (χ0n) is 20.6.